The van der Waals surface area contributed by atoms with Crippen molar-refractivity contribution in [3.63, 3.8) is 0 Å². The van der Waals surface area contributed by atoms with E-state index in [-0.39, 0.29) is 28.7 Å². The van der Waals surface area contributed by atoms with E-state index in [1.165, 1.54) is 4.90 Å². The Labute approximate surface area is 203 Å². The van der Waals surface area contributed by atoms with E-state index in [2.05, 4.69) is 31.1 Å². The normalized spacial score (nSPS) is 14.7. The number of amides is 2. The average Bonchev–Trinajstić information content (AvgIpc) is 3.25. The van der Waals surface area contributed by atoms with E-state index in [4.69, 9.17) is 16.6 Å². The van der Waals surface area contributed by atoms with Crippen molar-refractivity contribution in [1.29, 1.82) is 0 Å². The molecule has 0 bridgehead atoms. The molecule has 1 fully saturated rings. The average molecular weight is 478 g/mol. The van der Waals surface area contributed by atoms with Gasteiger partial charge in [0, 0.05) is 53.4 Å². The number of nitrogens with two attached hydrogens (primary N) is 2. The van der Waals surface area contributed by atoms with E-state index in [9.17, 15) is 14.7 Å². The predicted octanol–water partition coefficient (Wildman–Crippen LogP) is 3.97. The molecule has 10 nitrogen and oxygen atoms in total. The number of hydrogen-bond donors (Lipinski definition) is 4. The molecule has 1 aromatic carbocycles. The van der Waals surface area contributed by atoms with Crippen LogP contribution in [0, 0.1) is 0 Å². The molecule has 1 aliphatic rings. The lowest BCUT2D eigenvalue weighted by molar-refractivity contribution is 0.102. The van der Waals surface area contributed by atoms with Crippen molar-refractivity contribution >= 4 is 29.2 Å². The van der Waals surface area contributed by atoms with Crippen molar-refractivity contribution in [2.75, 3.05) is 29.9 Å². The highest BCUT2D eigenvalue weighted by Gasteiger charge is 2.29. The summed E-state index contributed by atoms with van der Waals surface area (Å²) in [6.45, 7) is 7.17. The molecule has 1 saturated heterocycles. The Balaban J connectivity index is 1.66. The van der Waals surface area contributed by atoms with Crippen molar-refractivity contribution in [2.45, 2.75) is 45.1 Å². The number of rotatable bonds is 4. The van der Waals surface area contributed by atoms with Gasteiger partial charge >= 0.3 is 6.09 Å². The number of piperidine rings is 1. The SMILES string of the molecule is CC(C)(C)c1nn(C2CCN(C(=O)O)CC2)cc1-c1cnc(N)c(C(=O)Nc2cccc(N)c2)c1. The van der Waals surface area contributed by atoms with Gasteiger partial charge in [-0.3, -0.25) is 9.48 Å². The van der Waals surface area contributed by atoms with Crippen molar-refractivity contribution in [2.24, 2.45) is 0 Å². The molecule has 35 heavy (non-hydrogen) atoms. The zero-order valence-electron chi connectivity index (χ0n) is 20.2. The molecule has 6 N–H and O–H groups in total. The third kappa shape index (κ3) is 5.21. The molecule has 10 heteroatoms. The molecule has 0 aliphatic carbocycles. The van der Waals surface area contributed by atoms with E-state index in [1.807, 2.05) is 10.9 Å². The van der Waals surface area contributed by atoms with E-state index in [0.717, 1.165) is 16.8 Å². The van der Waals surface area contributed by atoms with Gasteiger partial charge < -0.3 is 26.8 Å². The Hall–Kier alpha value is -4.08. The number of nitrogen functional groups attached to an aromatic ring is 2. The number of carboxylic acid groups (broad SMARTS) is 1. The highest BCUT2D eigenvalue weighted by Crippen LogP contribution is 2.35. The lowest BCUT2D eigenvalue weighted by Gasteiger charge is -2.30. The number of carbonyl (C=O) groups is 2. The van der Waals surface area contributed by atoms with Crippen LogP contribution in [0.25, 0.3) is 11.1 Å². The third-order valence-electron chi connectivity index (χ3n) is 6.17. The van der Waals surface area contributed by atoms with Gasteiger partial charge in [0.05, 0.1) is 17.3 Å². The molecule has 0 atom stereocenters. The summed E-state index contributed by atoms with van der Waals surface area (Å²) in [4.78, 5) is 30.0. The van der Waals surface area contributed by atoms with Crippen LogP contribution in [0.15, 0.2) is 42.7 Å². The van der Waals surface area contributed by atoms with Crippen LogP contribution in [0.5, 0.6) is 0 Å². The van der Waals surface area contributed by atoms with Crippen LogP contribution in [0.1, 0.15) is 55.7 Å². The number of anilines is 3. The zero-order valence-corrected chi connectivity index (χ0v) is 20.2. The molecular weight excluding hydrogens is 446 g/mol. The molecule has 3 heterocycles. The molecule has 4 rings (SSSR count). The molecule has 0 radical (unpaired) electrons. The van der Waals surface area contributed by atoms with Crippen LogP contribution < -0.4 is 16.8 Å². The molecule has 184 valence electrons. The molecule has 3 aromatic rings. The standard InChI is InChI=1S/C25H31N7O3/c1-25(2,3)21-20(14-32(30-21)18-7-9-31(10-8-18)24(34)35)15-11-19(22(27)28-13-15)23(33)29-17-6-4-5-16(26)12-17/h4-6,11-14,18H,7-10,26H2,1-3H3,(H2,27,28)(H,29,33)(H,34,35). The van der Waals surface area contributed by atoms with E-state index >= 15 is 0 Å². The quantitative estimate of drug-likeness (QED) is 0.415. The lowest BCUT2D eigenvalue weighted by atomic mass is 9.87. The third-order valence-corrected chi connectivity index (χ3v) is 6.17. The molecular formula is C25H31N7O3. The largest absolute Gasteiger partial charge is 0.465 e. The van der Waals surface area contributed by atoms with E-state index in [0.29, 0.717) is 37.3 Å². The Morgan fingerprint density at radius 3 is 2.49 bits per heavy atom. The topological polar surface area (TPSA) is 152 Å². The minimum Gasteiger partial charge on any atom is -0.465 e. The van der Waals surface area contributed by atoms with Crippen molar-refractivity contribution in [3.8, 4) is 11.1 Å². The number of carbonyl (C=O) groups excluding carboxylic acids is 1. The van der Waals surface area contributed by atoms with Gasteiger partial charge in [-0.2, -0.15) is 5.10 Å². The number of aromatic nitrogens is 3. The maximum atomic E-state index is 13.0. The molecule has 2 amide bonds. The number of pyridine rings is 1. The predicted molar refractivity (Wildman–Crippen MR) is 135 cm³/mol. The first-order valence-corrected chi connectivity index (χ1v) is 11.5. The summed E-state index contributed by atoms with van der Waals surface area (Å²) in [6, 6.07) is 8.74. The fourth-order valence-corrected chi connectivity index (χ4v) is 4.28. The maximum Gasteiger partial charge on any atom is 0.407 e. The van der Waals surface area contributed by atoms with Crippen molar-refractivity contribution in [3.05, 3.63) is 54.0 Å². The number of likely N-dealkylation sites (tertiary alicyclic amines) is 1. The molecule has 1 aliphatic heterocycles. The first-order valence-electron chi connectivity index (χ1n) is 11.5. The monoisotopic (exact) mass is 477 g/mol. The summed E-state index contributed by atoms with van der Waals surface area (Å²) in [5.74, 6) is -0.255. The smallest absolute Gasteiger partial charge is 0.407 e. The molecule has 0 spiro atoms. The van der Waals surface area contributed by atoms with Gasteiger partial charge in [-0.1, -0.05) is 26.8 Å². The zero-order chi connectivity index (χ0) is 25.3. The summed E-state index contributed by atoms with van der Waals surface area (Å²) in [6.07, 6.45) is 4.09. The van der Waals surface area contributed by atoms with Gasteiger partial charge in [0.2, 0.25) is 0 Å². The van der Waals surface area contributed by atoms with Crippen LogP contribution in [0.4, 0.5) is 22.0 Å². The molecule has 0 saturated carbocycles. The highest BCUT2D eigenvalue weighted by molar-refractivity contribution is 6.08. The van der Waals surface area contributed by atoms with Gasteiger partial charge in [-0.15, -0.1) is 0 Å². The van der Waals surface area contributed by atoms with Crippen LogP contribution in [0.3, 0.4) is 0 Å². The number of nitrogens with one attached hydrogen (secondary N) is 1. The Morgan fingerprint density at radius 1 is 1.14 bits per heavy atom. The van der Waals surface area contributed by atoms with Gasteiger partial charge in [0.15, 0.2) is 0 Å². The Kier molecular flexibility index (Phi) is 6.38. The van der Waals surface area contributed by atoms with Gasteiger partial charge in [-0.05, 0) is 37.1 Å². The van der Waals surface area contributed by atoms with Gasteiger partial charge in [0.1, 0.15) is 5.82 Å². The number of hydrogen-bond acceptors (Lipinski definition) is 6. The van der Waals surface area contributed by atoms with Crippen LogP contribution in [-0.4, -0.2) is 49.9 Å². The number of benzene rings is 1. The maximum absolute atomic E-state index is 13.0. The van der Waals surface area contributed by atoms with Crippen LogP contribution in [0.2, 0.25) is 0 Å². The number of nitrogens with zero attached hydrogens (tertiary/aromatic N) is 4. The summed E-state index contributed by atoms with van der Waals surface area (Å²) >= 11 is 0. The Bertz CT molecular complexity index is 1250. The summed E-state index contributed by atoms with van der Waals surface area (Å²) in [7, 11) is 0. The first-order chi connectivity index (χ1) is 16.5. The van der Waals surface area contributed by atoms with Crippen LogP contribution in [-0.2, 0) is 5.41 Å². The fraction of sp³-hybridized carbons (Fsp3) is 0.360. The van der Waals surface area contributed by atoms with Crippen LogP contribution >= 0.6 is 0 Å². The second kappa shape index (κ2) is 9.28. The minimum atomic E-state index is -0.892. The summed E-state index contributed by atoms with van der Waals surface area (Å²) in [5.41, 5.74) is 15.4. The van der Waals surface area contributed by atoms with Crippen molar-refractivity contribution in [1.82, 2.24) is 19.7 Å². The fourth-order valence-electron chi connectivity index (χ4n) is 4.28. The highest BCUT2D eigenvalue weighted by atomic mass is 16.4. The summed E-state index contributed by atoms with van der Waals surface area (Å²) < 4.78 is 1.93. The van der Waals surface area contributed by atoms with E-state index < -0.39 is 6.09 Å². The van der Waals surface area contributed by atoms with Gasteiger partial charge in [0.25, 0.3) is 5.91 Å². The van der Waals surface area contributed by atoms with Gasteiger partial charge in [-0.25, -0.2) is 9.78 Å². The minimum absolute atomic E-state index is 0.0912. The molecule has 0 unspecified atom stereocenters. The second-order valence-electron chi connectivity index (χ2n) is 9.86. The first kappa shape index (κ1) is 24.1. The van der Waals surface area contributed by atoms with Crippen molar-refractivity contribution < 1.29 is 14.7 Å². The Morgan fingerprint density at radius 2 is 1.86 bits per heavy atom. The van der Waals surface area contributed by atoms with E-state index in [1.54, 1.807) is 36.5 Å². The second-order valence-corrected chi connectivity index (χ2v) is 9.86. The molecule has 2 aromatic heterocycles. The lowest BCUT2D eigenvalue weighted by Crippen LogP contribution is -2.38. The summed E-state index contributed by atoms with van der Waals surface area (Å²) in [5, 5.41) is 17.0.